The molecule has 0 saturated carbocycles. The Hall–Kier alpha value is -12.2. The molecule has 0 N–H and O–H groups in total. The number of unbranched alkanes of at least 4 members (excludes halogenated alkanes) is 3. The average Bonchev–Trinajstić information content (AvgIpc) is 0.768. The third-order valence-electron chi connectivity index (χ3n) is 19.6. The van der Waals surface area contributed by atoms with Gasteiger partial charge in [0.15, 0.2) is 0 Å². The Morgan fingerprint density at radius 2 is 0.480 bits per heavy atom. The fourth-order valence-corrected chi connectivity index (χ4v) is 13.3. The molecule has 0 fully saturated rings. The highest BCUT2D eigenvalue weighted by atomic mass is 19.4. The van der Waals surface area contributed by atoms with Crippen molar-refractivity contribution in [1.82, 2.24) is 0 Å². The Kier molecular flexibility index (Phi) is 29.8. The second kappa shape index (κ2) is 39.0. The van der Waals surface area contributed by atoms with Gasteiger partial charge in [-0.2, -0.15) is 65.9 Å². The van der Waals surface area contributed by atoms with E-state index in [1.807, 2.05) is 38.1 Å². The Morgan fingerprint density at radius 3 is 0.756 bits per heavy atom. The first kappa shape index (κ1) is 97.0. The lowest BCUT2D eigenvalue weighted by Gasteiger charge is -2.21. The van der Waals surface area contributed by atoms with Gasteiger partial charge in [0.05, 0.1) is 5.56 Å². The molecule has 672 valence electrons. The van der Waals surface area contributed by atoms with Crippen molar-refractivity contribution in [3.8, 4) is 84.0 Å². The number of rotatable bonds is 25. The summed E-state index contributed by atoms with van der Waals surface area (Å²) in [4.78, 5) is 0. The molecule has 0 aliphatic heterocycles. The van der Waals surface area contributed by atoms with Crippen LogP contribution in [0.3, 0.4) is 0 Å². The van der Waals surface area contributed by atoms with Gasteiger partial charge in [0.2, 0.25) is 0 Å². The zero-order valence-electron chi connectivity index (χ0n) is 65.7. The molecule has 0 spiro atoms. The monoisotopic (exact) mass is 1820 g/mol. The summed E-state index contributed by atoms with van der Waals surface area (Å²) in [5.41, 5.74) is -12.0. The van der Waals surface area contributed by atoms with E-state index in [2.05, 4.69) is 28.1 Å². The highest BCUT2D eigenvalue weighted by Crippen LogP contribution is 2.47. The van der Waals surface area contributed by atoms with Crippen LogP contribution in [0.5, 0.6) is 17.2 Å². The van der Waals surface area contributed by atoms with E-state index in [1.54, 1.807) is 30.3 Å². The smallest absolute Gasteiger partial charge is 0.429 e. The van der Waals surface area contributed by atoms with Crippen molar-refractivity contribution < 1.29 is 155 Å². The molecule has 0 bridgehead atoms. The van der Waals surface area contributed by atoms with E-state index in [0.29, 0.717) is 70.6 Å². The molecular formula is C92H62F32O3. The molecule has 0 amide bonds. The summed E-state index contributed by atoms with van der Waals surface area (Å²) in [6.45, 7) is 8.09. The molecule has 1 atom stereocenters. The Labute approximate surface area is 701 Å². The van der Waals surface area contributed by atoms with E-state index >= 15 is 13.2 Å². The van der Waals surface area contributed by atoms with Crippen molar-refractivity contribution >= 4 is 0 Å². The summed E-state index contributed by atoms with van der Waals surface area (Å²) >= 11 is 0. The van der Waals surface area contributed by atoms with Crippen molar-refractivity contribution in [1.29, 1.82) is 0 Å². The van der Waals surface area contributed by atoms with Gasteiger partial charge in [0, 0.05) is 53.1 Å². The van der Waals surface area contributed by atoms with E-state index < -0.39 is 209 Å². The molecule has 0 aromatic heterocycles. The molecule has 127 heavy (non-hydrogen) atoms. The van der Waals surface area contributed by atoms with Crippen LogP contribution in [-0.4, -0.2) is 0 Å². The molecule has 0 aliphatic carbocycles. The van der Waals surface area contributed by atoms with Gasteiger partial charge in [-0.25, -0.2) is 74.6 Å². The van der Waals surface area contributed by atoms with E-state index in [-0.39, 0.29) is 76.7 Å². The van der Waals surface area contributed by atoms with Crippen LogP contribution < -0.4 is 14.2 Å². The molecule has 0 saturated heterocycles. The maximum absolute atomic E-state index is 15.1. The van der Waals surface area contributed by atoms with E-state index in [0.717, 1.165) is 74.6 Å². The standard InChI is InChI=1S/C31H20F12O.C31H22F10O.C30H20F10O/c1-3-14(2)6-15-4-5-19(20(32)7-15)16-8-21(33)27(22(34)9-16)17-10-23(35)29(24(36)11-17)31(42,43)44-18-12-25(37)28(26(38)13-18)30(39,40)41;1-2-3-4-5-17-6-8-18(9-7-17)19-10-11-22(23(32)12-19)20-13-24(33)29(25(34)14-20)31(40,41)42-21-15-26(35)28(27(36)16-21)30(37,38)39;1-2-3-4-16-5-7-17(8-6-16)18-9-10-21(22(31)11-18)19-12-23(32)28(24(33)13-19)30(39,40)41-20-14-25(34)27(26(35)15-20)29(36,37)38/h4-5,7-14H,3,6H2,1-2H3;6-16H,2-5H2,1H3;5-15H,2-4H2,1H3. The van der Waals surface area contributed by atoms with Gasteiger partial charge >= 0.3 is 36.9 Å². The quantitative estimate of drug-likeness (QED) is 0.0422. The number of hydrogen-bond acceptors (Lipinski definition) is 3. The lowest BCUT2D eigenvalue weighted by atomic mass is 9.94. The minimum Gasteiger partial charge on any atom is -0.429 e. The lowest BCUT2D eigenvalue weighted by Crippen LogP contribution is -2.25. The number of ether oxygens (including phenoxy) is 3. The van der Waals surface area contributed by atoms with E-state index in [9.17, 15) is 127 Å². The summed E-state index contributed by atoms with van der Waals surface area (Å²) in [6, 6.07) is 28.5. The number of halogens is 32. The molecule has 12 aromatic rings. The van der Waals surface area contributed by atoms with Crippen LogP contribution in [0.2, 0.25) is 0 Å². The molecule has 0 radical (unpaired) electrons. The van der Waals surface area contributed by atoms with Crippen LogP contribution in [0.15, 0.2) is 188 Å². The maximum Gasteiger partial charge on any atom is 0.432 e. The highest BCUT2D eigenvalue weighted by Gasteiger charge is 2.48. The van der Waals surface area contributed by atoms with Gasteiger partial charge in [0.1, 0.15) is 150 Å². The Balaban J connectivity index is 0.000000199. The first-order valence-corrected chi connectivity index (χ1v) is 37.8. The maximum atomic E-state index is 15.1. The second-order valence-corrected chi connectivity index (χ2v) is 28.8. The minimum atomic E-state index is -5.53. The van der Waals surface area contributed by atoms with Gasteiger partial charge in [-0.3, -0.25) is 0 Å². The van der Waals surface area contributed by atoms with Gasteiger partial charge in [0.25, 0.3) is 0 Å². The van der Waals surface area contributed by atoms with Crippen molar-refractivity contribution in [2.75, 3.05) is 0 Å². The average molecular weight is 1820 g/mol. The van der Waals surface area contributed by atoms with Crippen LogP contribution in [0, 0.1) is 105 Å². The summed E-state index contributed by atoms with van der Waals surface area (Å²) in [7, 11) is 0. The van der Waals surface area contributed by atoms with E-state index in [1.165, 1.54) is 36.4 Å². The summed E-state index contributed by atoms with van der Waals surface area (Å²) in [6.07, 6.45) is -22.9. The topological polar surface area (TPSA) is 27.7 Å². The third-order valence-corrected chi connectivity index (χ3v) is 19.6. The molecule has 1 unspecified atom stereocenters. The van der Waals surface area contributed by atoms with Gasteiger partial charge < -0.3 is 14.2 Å². The van der Waals surface area contributed by atoms with Gasteiger partial charge in [-0.1, -0.05) is 138 Å². The molecule has 35 heteroatoms. The number of aryl methyl sites for hydroxylation is 2. The predicted molar refractivity (Wildman–Crippen MR) is 404 cm³/mol. The number of alkyl halides is 15. The van der Waals surface area contributed by atoms with Crippen molar-refractivity contribution in [2.24, 2.45) is 5.92 Å². The van der Waals surface area contributed by atoms with Crippen LogP contribution >= 0.6 is 0 Å². The molecule has 3 nitrogen and oxygen atoms in total. The SMILES string of the molecule is CCC(C)Cc1ccc(-c2cc(F)c(-c3cc(F)c(C(F)(F)Oc4cc(F)c(C(F)(F)F)c(F)c4)c(F)c3)c(F)c2)c(F)c1.CCCCCc1ccc(-c2ccc(-c3cc(F)c(C(F)(F)Oc4cc(F)c(C(F)(F)F)c(F)c4)c(F)c3)c(F)c2)cc1.CCCCc1ccc(-c2ccc(-c3cc(F)c(C(F)(F)Oc4cc(F)c(C(F)(F)F)c(F)c4)c(F)c3)c(F)c2)cc1. The summed E-state index contributed by atoms with van der Waals surface area (Å²) in [5.74, 6) is -35.2. The van der Waals surface area contributed by atoms with Gasteiger partial charge in [-0.15, -0.1) is 0 Å². The van der Waals surface area contributed by atoms with E-state index in [4.69, 9.17) is 0 Å². The third kappa shape index (κ3) is 23.0. The fraction of sp³-hybridized carbons (Fsp3) is 0.217. The second-order valence-electron chi connectivity index (χ2n) is 28.8. The molecule has 0 heterocycles. The zero-order valence-corrected chi connectivity index (χ0v) is 65.7. The fourth-order valence-electron chi connectivity index (χ4n) is 13.3. The lowest BCUT2D eigenvalue weighted by molar-refractivity contribution is -0.190. The van der Waals surface area contributed by atoms with Crippen LogP contribution in [0.25, 0.3) is 66.8 Å². The summed E-state index contributed by atoms with van der Waals surface area (Å²) < 4.78 is 461. The first-order valence-electron chi connectivity index (χ1n) is 37.8. The summed E-state index contributed by atoms with van der Waals surface area (Å²) in [5, 5.41) is 0. The number of hydrogen-bond donors (Lipinski definition) is 0. The van der Waals surface area contributed by atoms with Crippen LogP contribution in [0.4, 0.5) is 140 Å². The zero-order chi connectivity index (χ0) is 93.7. The van der Waals surface area contributed by atoms with Gasteiger partial charge in [-0.05, 0) is 166 Å². The minimum absolute atomic E-state index is 0.120. The number of benzene rings is 12. The Bertz CT molecular complexity index is 5840. The predicted octanol–water partition coefficient (Wildman–Crippen LogP) is 31.5. The molecule has 0 aliphatic rings. The molecular weight excluding hydrogens is 1760 g/mol. The molecule has 12 rings (SSSR count). The van der Waals surface area contributed by atoms with Crippen molar-refractivity contribution in [2.45, 2.75) is 122 Å². The first-order chi connectivity index (χ1) is 59.3. The highest BCUT2D eigenvalue weighted by molar-refractivity contribution is 5.75. The largest absolute Gasteiger partial charge is 0.432 e. The van der Waals surface area contributed by atoms with Crippen LogP contribution in [0.1, 0.15) is 116 Å². The van der Waals surface area contributed by atoms with Crippen molar-refractivity contribution in [3.05, 3.63) is 337 Å². The van der Waals surface area contributed by atoms with Crippen LogP contribution in [-0.2, 0) is 56.1 Å². The van der Waals surface area contributed by atoms with Crippen molar-refractivity contribution in [3.63, 3.8) is 0 Å². The molecule has 12 aromatic carbocycles. The normalized spacial score (nSPS) is 12.3. The Morgan fingerprint density at radius 1 is 0.236 bits per heavy atom.